The summed E-state index contributed by atoms with van der Waals surface area (Å²) in [5.74, 6) is 1.80. The summed E-state index contributed by atoms with van der Waals surface area (Å²) in [6.07, 6.45) is 10.6. The normalized spacial score (nSPS) is 23.4. The first-order valence-electron chi connectivity index (χ1n) is 7.74. The molecule has 1 aliphatic heterocycles. The molecule has 1 aromatic heterocycles. The molecule has 0 spiro atoms. The van der Waals surface area contributed by atoms with Crippen LogP contribution in [0, 0.1) is 5.92 Å². The van der Waals surface area contributed by atoms with Gasteiger partial charge in [-0.25, -0.2) is 0 Å². The fourth-order valence-electron chi connectivity index (χ4n) is 3.49. The van der Waals surface area contributed by atoms with Gasteiger partial charge in [-0.3, -0.25) is 0 Å². The molecule has 0 bridgehead atoms. The zero-order valence-corrected chi connectivity index (χ0v) is 13.5. The van der Waals surface area contributed by atoms with Gasteiger partial charge in [0.15, 0.2) is 0 Å². The summed E-state index contributed by atoms with van der Waals surface area (Å²) >= 11 is 1.96. The Kier molecular flexibility index (Phi) is 6.06. The smallest absolute Gasteiger partial charge is 0.0328 e. The van der Waals surface area contributed by atoms with Crippen LogP contribution in [0.2, 0.25) is 0 Å². The van der Waals surface area contributed by atoms with Gasteiger partial charge in [0.05, 0.1) is 0 Å². The van der Waals surface area contributed by atoms with Crippen molar-refractivity contribution in [2.75, 3.05) is 13.6 Å². The van der Waals surface area contributed by atoms with Gasteiger partial charge >= 0.3 is 0 Å². The van der Waals surface area contributed by atoms with Crippen LogP contribution in [0.3, 0.4) is 0 Å². The number of thiophene rings is 1. The molecular weight excluding hydrogens is 262 g/mol. The SMILES string of the molecule is C=CC=C.CN1Cc2sccc2C(C2CCCCC2)C1. The second-order valence-corrected chi connectivity index (χ2v) is 6.97. The van der Waals surface area contributed by atoms with Gasteiger partial charge in [0.25, 0.3) is 0 Å². The lowest BCUT2D eigenvalue weighted by Gasteiger charge is -2.37. The van der Waals surface area contributed by atoms with Crippen LogP contribution in [0.5, 0.6) is 0 Å². The predicted molar refractivity (Wildman–Crippen MR) is 90.4 cm³/mol. The van der Waals surface area contributed by atoms with Gasteiger partial charge in [-0.1, -0.05) is 44.6 Å². The lowest BCUT2D eigenvalue weighted by atomic mass is 9.75. The van der Waals surface area contributed by atoms with Crippen LogP contribution >= 0.6 is 11.3 Å². The Morgan fingerprint density at radius 3 is 2.55 bits per heavy atom. The third kappa shape index (κ3) is 3.83. The minimum absolute atomic E-state index is 0.834. The van der Waals surface area contributed by atoms with E-state index >= 15 is 0 Å². The molecule has 1 aromatic rings. The van der Waals surface area contributed by atoms with Crippen molar-refractivity contribution < 1.29 is 0 Å². The summed E-state index contributed by atoms with van der Waals surface area (Å²) < 4.78 is 0. The van der Waals surface area contributed by atoms with Gasteiger partial charge in [-0.15, -0.1) is 11.3 Å². The lowest BCUT2D eigenvalue weighted by molar-refractivity contribution is 0.211. The summed E-state index contributed by atoms with van der Waals surface area (Å²) in [6.45, 7) is 9.19. The Morgan fingerprint density at radius 2 is 1.90 bits per heavy atom. The molecule has 3 rings (SSSR count). The van der Waals surface area contributed by atoms with Crippen molar-refractivity contribution in [1.29, 1.82) is 0 Å². The Balaban J connectivity index is 0.000000328. The molecule has 0 aromatic carbocycles. The van der Waals surface area contributed by atoms with Crippen molar-refractivity contribution in [2.24, 2.45) is 5.92 Å². The number of rotatable bonds is 2. The Labute approximate surface area is 128 Å². The van der Waals surface area contributed by atoms with E-state index < -0.39 is 0 Å². The summed E-state index contributed by atoms with van der Waals surface area (Å²) in [7, 11) is 2.28. The number of hydrogen-bond donors (Lipinski definition) is 0. The van der Waals surface area contributed by atoms with Crippen molar-refractivity contribution in [3.8, 4) is 0 Å². The van der Waals surface area contributed by atoms with Crippen LogP contribution in [0.25, 0.3) is 0 Å². The van der Waals surface area contributed by atoms with Gasteiger partial charge in [-0.05, 0) is 42.8 Å². The number of nitrogens with zero attached hydrogens (tertiary/aromatic N) is 1. The quantitative estimate of drug-likeness (QED) is 0.675. The molecule has 0 radical (unpaired) electrons. The average molecular weight is 289 g/mol. The summed E-state index contributed by atoms with van der Waals surface area (Å²) in [4.78, 5) is 4.14. The number of allylic oxidation sites excluding steroid dienone is 2. The zero-order chi connectivity index (χ0) is 14.4. The molecule has 2 aliphatic rings. The van der Waals surface area contributed by atoms with Crippen LogP contribution in [0.1, 0.15) is 48.5 Å². The van der Waals surface area contributed by atoms with Crippen LogP contribution < -0.4 is 0 Å². The molecule has 1 fully saturated rings. The largest absolute Gasteiger partial charge is 0.301 e. The number of likely N-dealkylation sites (N-methyl/N-ethyl adjacent to an activating group) is 1. The summed E-state index contributed by atoms with van der Waals surface area (Å²) in [6, 6.07) is 2.40. The van der Waals surface area contributed by atoms with Gasteiger partial charge in [0, 0.05) is 23.9 Å². The molecular formula is C18H27NS. The maximum Gasteiger partial charge on any atom is 0.0328 e. The molecule has 0 saturated heterocycles. The van der Waals surface area contributed by atoms with Crippen molar-refractivity contribution in [3.63, 3.8) is 0 Å². The fraction of sp³-hybridized carbons (Fsp3) is 0.556. The topological polar surface area (TPSA) is 3.24 Å². The minimum atomic E-state index is 0.834. The van der Waals surface area contributed by atoms with Crippen LogP contribution in [-0.2, 0) is 6.54 Å². The molecule has 110 valence electrons. The zero-order valence-electron chi connectivity index (χ0n) is 12.7. The molecule has 1 atom stereocenters. The van der Waals surface area contributed by atoms with Gasteiger partial charge in [0.2, 0.25) is 0 Å². The van der Waals surface area contributed by atoms with E-state index in [-0.39, 0.29) is 0 Å². The van der Waals surface area contributed by atoms with Gasteiger partial charge < -0.3 is 4.90 Å². The van der Waals surface area contributed by atoms with E-state index in [1.165, 1.54) is 45.2 Å². The molecule has 1 unspecified atom stereocenters. The van der Waals surface area contributed by atoms with Crippen LogP contribution in [-0.4, -0.2) is 18.5 Å². The monoisotopic (exact) mass is 289 g/mol. The fourth-order valence-corrected chi connectivity index (χ4v) is 4.52. The second-order valence-electron chi connectivity index (χ2n) is 5.97. The second kappa shape index (κ2) is 7.80. The molecule has 2 heteroatoms. The summed E-state index contributed by atoms with van der Waals surface area (Å²) in [5, 5.41) is 2.29. The Morgan fingerprint density at radius 1 is 1.20 bits per heavy atom. The highest BCUT2D eigenvalue weighted by Crippen LogP contribution is 2.41. The Bertz CT molecular complexity index is 422. The highest BCUT2D eigenvalue weighted by Gasteiger charge is 2.31. The van der Waals surface area contributed by atoms with Gasteiger partial charge in [0.1, 0.15) is 0 Å². The van der Waals surface area contributed by atoms with E-state index in [4.69, 9.17) is 0 Å². The van der Waals surface area contributed by atoms with Gasteiger partial charge in [-0.2, -0.15) is 0 Å². The first kappa shape index (κ1) is 15.5. The molecule has 20 heavy (non-hydrogen) atoms. The number of fused-ring (bicyclic) bond motifs is 1. The highest BCUT2D eigenvalue weighted by atomic mass is 32.1. The van der Waals surface area contributed by atoms with E-state index in [0.717, 1.165) is 11.8 Å². The first-order chi connectivity index (χ1) is 9.76. The number of hydrogen-bond acceptors (Lipinski definition) is 2. The van der Waals surface area contributed by atoms with Crippen LogP contribution in [0.4, 0.5) is 0 Å². The summed E-state index contributed by atoms with van der Waals surface area (Å²) in [5.41, 5.74) is 1.69. The minimum Gasteiger partial charge on any atom is -0.301 e. The average Bonchev–Trinajstić information content (AvgIpc) is 2.95. The molecule has 0 amide bonds. The first-order valence-corrected chi connectivity index (χ1v) is 8.62. The van der Waals surface area contributed by atoms with E-state index in [2.05, 4.69) is 36.6 Å². The van der Waals surface area contributed by atoms with E-state index in [0.29, 0.717) is 0 Å². The van der Waals surface area contributed by atoms with Crippen molar-refractivity contribution in [1.82, 2.24) is 4.90 Å². The standard InChI is InChI=1S/C14H21NS.C4H6/c1-15-9-13(11-5-3-2-4-6-11)12-7-8-16-14(12)10-15;1-3-4-2/h7-8,11,13H,2-6,9-10H2,1H3;3-4H,1-2H2. The molecule has 2 heterocycles. The molecule has 1 saturated carbocycles. The van der Waals surface area contributed by atoms with E-state index in [1.54, 1.807) is 22.6 Å². The Hall–Kier alpha value is -0.860. The third-order valence-corrected chi connectivity index (χ3v) is 5.41. The molecule has 1 nitrogen and oxygen atoms in total. The van der Waals surface area contributed by atoms with Crippen LogP contribution in [0.15, 0.2) is 36.8 Å². The lowest BCUT2D eigenvalue weighted by Crippen LogP contribution is -2.33. The molecule has 1 aliphatic carbocycles. The van der Waals surface area contributed by atoms with Crippen molar-refractivity contribution in [2.45, 2.75) is 44.6 Å². The van der Waals surface area contributed by atoms with E-state index in [9.17, 15) is 0 Å². The maximum atomic E-state index is 3.36. The van der Waals surface area contributed by atoms with E-state index in [1.807, 2.05) is 11.3 Å². The predicted octanol–water partition coefficient (Wildman–Crippen LogP) is 5.22. The van der Waals surface area contributed by atoms with Crippen molar-refractivity contribution >= 4 is 11.3 Å². The third-order valence-electron chi connectivity index (χ3n) is 4.49. The molecule has 0 N–H and O–H groups in total. The highest BCUT2D eigenvalue weighted by molar-refractivity contribution is 7.10. The van der Waals surface area contributed by atoms with Crippen molar-refractivity contribution in [3.05, 3.63) is 47.2 Å². The maximum absolute atomic E-state index is 3.36.